The fraction of sp³-hybridized carbons (Fsp3) is 1.00. The maximum Gasteiger partial charge on any atom is 0.437 e. The fourth-order valence-electron chi connectivity index (χ4n) is 1.20. The summed E-state index contributed by atoms with van der Waals surface area (Å²) < 4.78 is 111. The Labute approximate surface area is 118 Å². The quantitative estimate of drug-likeness (QED) is 0.436. The van der Waals surface area contributed by atoms with Gasteiger partial charge in [-0.2, -0.15) is 34.8 Å². The Morgan fingerprint density at radius 2 is 1.43 bits per heavy atom. The minimum absolute atomic E-state index is 0.410. The van der Waals surface area contributed by atoms with E-state index in [4.69, 9.17) is 9.29 Å². The molecule has 4 nitrogen and oxygen atoms in total. The topological polar surface area (TPSA) is 63.6 Å². The van der Waals surface area contributed by atoms with Gasteiger partial charge in [0.1, 0.15) is 0 Å². The molecule has 0 rings (SSSR count). The zero-order valence-electron chi connectivity index (χ0n) is 11.5. The van der Waals surface area contributed by atoms with Gasteiger partial charge in [-0.1, -0.05) is 0 Å². The predicted molar refractivity (Wildman–Crippen MR) is 61.3 cm³/mol. The highest BCUT2D eigenvalue weighted by Crippen LogP contribution is 2.49. The molecular formula is C10H16F6O4S. The fourth-order valence-corrected chi connectivity index (χ4v) is 1.68. The molecule has 0 saturated carbocycles. The van der Waals surface area contributed by atoms with E-state index in [2.05, 4.69) is 0 Å². The first-order valence-corrected chi connectivity index (χ1v) is 7.14. The van der Waals surface area contributed by atoms with Crippen molar-refractivity contribution < 1.29 is 44.0 Å². The molecule has 128 valence electrons. The highest BCUT2D eigenvalue weighted by atomic mass is 32.2. The van der Waals surface area contributed by atoms with Crippen LogP contribution in [0.2, 0.25) is 0 Å². The lowest BCUT2D eigenvalue weighted by Gasteiger charge is -2.31. The highest BCUT2D eigenvalue weighted by molar-refractivity contribution is 7.87. The van der Waals surface area contributed by atoms with Crippen molar-refractivity contribution in [3.05, 3.63) is 0 Å². The third kappa shape index (κ3) is 4.71. The van der Waals surface area contributed by atoms with E-state index in [1.165, 1.54) is 0 Å². The molecule has 0 heterocycles. The lowest BCUT2D eigenvalue weighted by Crippen LogP contribution is -2.57. The molecular weight excluding hydrogens is 330 g/mol. The molecule has 0 saturated heterocycles. The van der Waals surface area contributed by atoms with Crippen molar-refractivity contribution in [3.8, 4) is 0 Å². The summed E-state index contributed by atoms with van der Waals surface area (Å²) in [6.45, 7) is 4.28. The molecule has 0 aromatic heterocycles. The lowest BCUT2D eigenvalue weighted by molar-refractivity contribution is -0.283. The molecule has 0 aliphatic carbocycles. The van der Waals surface area contributed by atoms with Gasteiger partial charge >= 0.3 is 27.2 Å². The van der Waals surface area contributed by atoms with Crippen molar-refractivity contribution in [2.75, 3.05) is 6.61 Å². The average molecular weight is 346 g/mol. The third-order valence-corrected chi connectivity index (χ3v) is 3.22. The number of hydrogen-bond acceptors (Lipinski definition) is 3. The SMILES string of the molecule is CC(C)(C)OCCCC(F)(F)C(F)(F)C(F)(F)S(=O)(=O)O. The van der Waals surface area contributed by atoms with E-state index in [1.807, 2.05) is 0 Å². The zero-order valence-corrected chi connectivity index (χ0v) is 12.3. The largest absolute Gasteiger partial charge is 0.437 e. The van der Waals surface area contributed by atoms with Crippen LogP contribution in [-0.4, -0.2) is 42.3 Å². The number of halogens is 6. The van der Waals surface area contributed by atoms with Crippen LogP contribution in [0.15, 0.2) is 0 Å². The molecule has 0 spiro atoms. The average Bonchev–Trinajstić information content (AvgIpc) is 2.21. The van der Waals surface area contributed by atoms with Crippen molar-refractivity contribution in [3.63, 3.8) is 0 Å². The number of ether oxygens (including phenoxy) is 1. The van der Waals surface area contributed by atoms with Crippen molar-refractivity contribution >= 4 is 10.1 Å². The van der Waals surface area contributed by atoms with Crippen molar-refractivity contribution in [2.24, 2.45) is 0 Å². The summed E-state index contributed by atoms with van der Waals surface area (Å²) in [6.07, 6.45) is -2.44. The van der Waals surface area contributed by atoms with Crippen LogP contribution in [0.5, 0.6) is 0 Å². The van der Waals surface area contributed by atoms with Crippen LogP contribution in [0, 0.1) is 0 Å². The maximum atomic E-state index is 13.2. The van der Waals surface area contributed by atoms with Gasteiger partial charge in [-0.15, -0.1) is 0 Å². The number of rotatable bonds is 7. The molecule has 11 heteroatoms. The smallest absolute Gasteiger partial charge is 0.376 e. The van der Waals surface area contributed by atoms with E-state index in [-0.39, 0.29) is 0 Å². The van der Waals surface area contributed by atoms with Gasteiger partial charge in [-0.25, -0.2) is 0 Å². The minimum Gasteiger partial charge on any atom is -0.376 e. The molecule has 0 radical (unpaired) electrons. The molecule has 0 unspecified atom stereocenters. The van der Waals surface area contributed by atoms with Crippen molar-refractivity contribution in [1.29, 1.82) is 0 Å². The summed E-state index contributed by atoms with van der Waals surface area (Å²) in [4.78, 5) is 0. The summed E-state index contributed by atoms with van der Waals surface area (Å²) in [7, 11) is -6.69. The molecule has 0 fully saturated rings. The Morgan fingerprint density at radius 3 is 1.76 bits per heavy atom. The lowest BCUT2D eigenvalue weighted by atomic mass is 10.1. The van der Waals surface area contributed by atoms with Gasteiger partial charge in [0.15, 0.2) is 0 Å². The van der Waals surface area contributed by atoms with E-state index in [1.54, 1.807) is 20.8 Å². The minimum atomic E-state index is -6.69. The summed E-state index contributed by atoms with van der Waals surface area (Å²) >= 11 is 0. The Balaban J connectivity index is 4.98. The van der Waals surface area contributed by atoms with E-state index in [0.717, 1.165) is 0 Å². The van der Waals surface area contributed by atoms with E-state index < -0.39 is 52.3 Å². The summed E-state index contributed by atoms with van der Waals surface area (Å²) in [5, 5.41) is -6.30. The zero-order chi connectivity index (χ0) is 17.3. The Kier molecular flexibility index (Phi) is 5.76. The van der Waals surface area contributed by atoms with Crippen LogP contribution in [0.25, 0.3) is 0 Å². The third-order valence-electron chi connectivity index (χ3n) is 2.32. The second-order valence-corrected chi connectivity index (χ2v) is 6.80. The molecule has 0 bridgehead atoms. The first-order valence-electron chi connectivity index (χ1n) is 5.70. The predicted octanol–water partition coefficient (Wildman–Crippen LogP) is 3.33. The van der Waals surface area contributed by atoms with Crippen LogP contribution >= 0.6 is 0 Å². The molecule has 0 aromatic carbocycles. The van der Waals surface area contributed by atoms with Gasteiger partial charge in [0.25, 0.3) is 0 Å². The number of hydrogen-bond donors (Lipinski definition) is 1. The standard InChI is InChI=1S/C10H16F6O4S/c1-7(2,3)20-6-4-5-8(11,12)9(13,14)10(15,16)21(17,18)19/h4-6H2,1-3H3,(H,17,18,19). The molecule has 0 atom stereocenters. The van der Waals surface area contributed by atoms with Gasteiger partial charge in [-0.3, -0.25) is 4.55 Å². The van der Waals surface area contributed by atoms with Crippen molar-refractivity contribution in [2.45, 2.75) is 56.3 Å². The van der Waals surface area contributed by atoms with Crippen LogP contribution in [0.4, 0.5) is 26.3 Å². The molecule has 0 amide bonds. The Morgan fingerprint density at radius 1 is 1.00 bits per heavy atom. The highest BCUT2D eigenvalue weighted by Gasteiger charge is 2.76. The molecule has 0 aromatic rings. The van der Waals surface area contributed by atoms with Gasteiger partial charge in [0.05, 0.1) is 5.60 Å². The molecule has 0 aliphatic heterocycles. The first kappa shape index (κ1) is 20.5. The van der Waals surface area contributed by atoms with Gasteiger partial charge in [0.2, 0.25) is 0 Å². The van der Waals surface area contributed by atoms with Crippen LogP contribution in [0.3, 0.4) is 0 Å². The normalized spacial score (nSPS) is 15.3. The van der Waals surface area contributed by atoms with E-state index >= 15 is 0 Å². The van der Waals surface area contributed by atoms with E-state index in [0.29, 0.717) is 0 Å². The van der Waals surface area contributed by atoms with Gasteiger partial charge in [-0.05, 0) is 27.2 Å². The summed E-state index contributed by atoms with van der Waals surface area (Å²) in [6, 6.07) is 0. The van der Waals surface area contributed by atoms with Gasteiger partial charge < -0.3 is 4.74 Å². The molecule has 0 aliphatic rings. The van der Waals surface area contributed by atoms with Crippen LogP contribution < -0.4 is 0 Å². The van der Waals surface area contributed by atoms with Crippen molar-refractivity contribution in [1.82, 2.24) is 0 Å². The van der Waals surface area contributed by atoms with Crippen LogP contribution in [-0.2, 0) is 14.9 Å². The monoisotopic (exact) mass is 346 g/mol. The second kappa shape index (κ2) is 5.92. The Bertz CT molecular complexity index is 455. The first-order chi connectivity index (χ1) is 8.96. The molecule has 1 N–H and O–H groups in total. The van der Waals surface area contributed by atoms with Crippen LogP contribution in [0.1, 0.15) is 33.6 Å². The number of alkyl halides is 6. The second-order valence-electron chi connectivity index (χ2n) is 5.34. The Hall–Kier alpha value is -0.550. The summed E-state index contributed by atoms with van der Waals surface area (Å²) in [5.41, 5.74) is -0.740. The molecule has 21 heavy (non-hydrogen) atoms. The van der Waals surface area contributed by atoms with E-state index in [9.17, 15) is 34.8 Å². The maximum absolute atomic E-state index is 13.2. The summed E-state index contributed by atoms with van der Waals surface area (Å²) in [5.74, 6) is -11.6. The van der Waals surface area contributed by atoms with Gasteiger partial charge in [0, 0.05) is 13.0 Å².